The number of amides is 2. The summed E-state index contributed by atoms with van der Waals surface area (Å²) in [6, 6.07) is 9.57. The maximum absolute atomic E-state index is 12.0. The molecule has 1 aromatic carbocycles. The highest BCUT2D eigenvalue weighted by Crippen LogP contribution is 2.15. The summed E-state index contributed by atoms with van der Waals surface area (Å²) in [6.45, 7) is 2.95. The van der Waals surface area contributed by atoms with Crippen molar-refractivity contribution in [3.63, 3.8) is 0 Å². The van der Waals surface area contributed by atoms with E-state index >= 15 is 0 Å². The van der Waals surface area contributed by atoms with Gasteiger partial charge in [-0.05, 0) is 38.4 Å². The third-order valence-corrected chi connectivity index (χ3v) is 3.48. The number of nitrogens with one attached hydrogen (secondary N) is 3. The van der Waals surface area contributed by atoms with Gasteiger partial charge in [0.1, 0.15) is 0 Å². The summed E-state index contributed by atoms with van der Waals surface area (Å²) in [5.41, 5.74) is 0.738. The van der Waals surface area contributed by atoms with Gasteiger partial charge in [-0.1, -0.05) is 18.2 Å². The third-order valence-electron chi connectivity index (χ3n) is 3.48. The number of anilines is 1. The predicted octanol–water partition coefficient (Wildman–Crippen LogP) is 1.55. The van der Waals surface area contributed by atoms with E-state index in [1.807, 2.05) is 30.3 Å². The molecule has 2 rings (SSSR count). The highest BCUT2D eigenvalue weighted by Gasteiger charge is 2.24. The summed E-state index contributed by atoms with van der Waals surface area (Å²) < 4.78 is 0. The van der Waals surface area contributed by atoms with Gasteiger partial charge in [0.25, 0.3) is 0 Å². The lowest BCUT2D eigenvalue weighted by atomic mass is 9.92. The fraction of sp³-hybridized carbons (Fsp3) is 0.467. The number of hydrogen-bond acceptors (Lipinski definition) is 3. The average molecular weight is 312 g/mol. The molecule has 1 saturated heterocycles. The van der Waals surface area contributed by atoms with Crippen LogP contribution in [0.4, 0.5) is 5.69 Å². The highest BCUT2D eigenvalue weighted by molar-refractivity contribution is 5.94. The molecule has 1 fully saturated rings. The fourth-order valence-corrected chi connectivity index (χ4v) is 2.41. The van der Waals surface area contributed by atoms with E-state index in [1.165, 1.54) is 0 Å². The van der Waals surface area contributed by atoms with Crippen LogP contribution in [0.3, 0.4) is 0 Å². The van der Waals surface area contributed by atoms with Crippen molar-refractivity contribution in [2.45, 2.75) is 25.8 Å². The van der Waals surface area contributed by atoms with Crippen LogP contribution in [0, 0.1) is 5.92 Å². The van der Waals surface area contributed by atoms with E-state index < -0.39 is 0 Å². The van der Waals surface area contributed by atoms with Gasteiger partial charge in [-0.3, -0.25) is 9.59 Å². The van der Waals surface area contributed by atoms with E-state index in [1.54, 1.807) is 0 Å². The van der Waals surface area contributed by atoms with Crippen LogP contribution in [-0.2, 0) is 9.59 Å². The standard InChI is InChI=1S/C15H21N3O2.ClH/c1-11-9-12(7-8-16-11)15(20)17-10-14(19)18-13-5-3-2-4-6-13;/h2-6,11-12,16H,7-10H2,1H3,(H,17,20)(H,18,19);1H/t11-,12-;/m0./s1. The van der Waals surface area contributed by atoms with Gasteiger partial charge in [-0.25, -0.2) is 0 Å². The summed E-state index contributed by atoms with van der Waals surface area (Å²) in [4.78, 5) is 23.7. The molecule has 0 saturated carbocycles. The van der Waals surface area contributed by atoms with Crippen molar-refractivity contribution >= 4 is 29.9 Å². The van der Waals surface area contributed by atoms with Crippen LogP contribution in [-0.4, -0.2) is 30.9 Å². The molecule has 1 heterocycles. The van der Waals surface area contributed by atoms with E-state index in [0.717, 1.165) is 25.1 Å². The van der Waals surface area contributed by atoms with Crippen molar-refractivity contribution in [1.29, 1.82) is 0 Å². The molecular weight excluding hydrogens is 290 g/mol. The van der Waals surface area contributed by atoms with E-state index in [-0.39, 0.29) is 36.7 Å². The van der Waals surface area contributed by atoms with Gasteiger partial charge in [0.05, 0.1) is 6.54 Å². The minimum Gasteiger partial charge on any atom is -0.347 e. The number of rotatable bonds is 4. The van der Waals surface area contributed by atoms with Crippen molar-refractivity contribution < 1.29 is 9.59 Å². The Morgan fingerprint density at radius 2 is 2.00 bits per heavy atom. The Bertz CT molecular complexity index is 467. The Morgan fingerprint density at radius 3 is 2.67 bits per heavy atom. The minimum atomic E-state index is -0.202. The van der Waals surface area contributed by atoms with Gasteiger partial charge in [0.15, 0.2) is 0 Å². The first-order chi connectivity index (χ1) is 9.65. The van der Waals surface area contributed by atoms with E-state index in [0.29, 0.717) is 6.04 Å². The monoisotopic (exact) mass is 311 g/mol. The van der Waals surface area contributed by atoms with Gasteiger partial charge in [0.2, 0.25) is 11.8 Å². The molecule has 2 atom stereocenters. The quantitative estimate of drug-likeness (QED) is 0.790. The van der Waals surface area contributed by atoms with Crippen LogP contribution < -0.4 is 16.0 Å². The maximum atomic E-state index is 12.0. The Morgan fingerprint density at radius 1 is 1.29 bits per heavy atom. The molecule has 0 aromatic heterocycles. The van der Waals surface area contributed by atoms with E-state index in [9.17, 15) is 9.59 Å². The average Bonchev–Trinajstić information content (AvgIpc) is 2.46. The Balaban J connectivity index is 0.00000220. The predicted molar refractivity (Wildman–Crippen MR) is 85.5 cm³/mol. The smallest absolute Gasteiger partial charge is 0.243 e. The lowest BCUT2D eigenvalue weighted by molar-refractivity contribution is -0.128. The van der Waals surface area contributed by atoms with Gasteiger partial charge in [-0.2, -0.15) is 0 Å². The van der Waals surface area contributed by atoms with Crippen LogP contribution in [0.25, 0.3) is 0 Å². The molecule has 0 aliphatic carbocycles. The van der Waals surface area contributed by atoms with Gasteiger partial charge >= 0.3 is 0 Å². The van der Waals surface area contributed by atoms with Crippen molar-refractivity contribution in [2.24, 2.45) is 5.92 Å². The zero-order chi connectivity index (χ0) is 14.4. The van der Waals surface area contributed by atoms with E-state index in [4.69, 9.17) is 0 Å². The molecule has 3 N–H and O–H groups in total. The minimum absolute atomic E-state index is 0. The SMILES string of the molecule is C[C@H]1C[C@@H](C(=O)NCC(=O)Nc2ccccc2)CCN1.Cl. The van der Waals surface area contributed by atoms with Crippen LogP contribution >= 0.6 is 12.4 Å². The number of hydrogen-bond donors (Lipinski definition) is 3. The Labute approximate surface area is 131 Å². The van der Waals surface area contributed by atoms with Crippen molar-refractivity contribution in [3.05, 3.63) is 30.3 Å². The molecule has 0 spiro atoms. The lowest BCUT2D eigenvalue weighted by Gasteiger charge is -2.26. The van der Waals surface area contributed by atoms with Gasteiger partial charge < -0.3 is 16.0 Å². The molecule has 1 aliphatic heterocycles. The second-order valence-corrected chi connectivity index (χ2v) is 5.21. The van der Waals surface area contributed by atoms with Crippen molar-refractivity contribution in [3.8, 4) is 0 Å². The first kappa shape index (κ1) is 17.5. The summed E-state index contributed by atoms with van der Waals surface area (Å²) >= 11 is 0. The normalized spacial score (nSPS) is 21.0. The number of carbonyl (C=O) groups excluding carboxylic acids is 2. The second kappa shape index (κ2) is 8.64. The van der Waals surface area contributed by atoms with Crippen LogP contribution in [0.2, 0.25) is 0 Å². The molecule has 5 nitrogen and oxygen atoms in total. The Kier molecular flexibility index (Phi) is 7.19. The molecule has 0 unspecified atom stereocenters. The first-order valence-corrected chi connectivity index (χ1v) is 7.01. The number of para-hydroxylation sites is 1. The fourth-order valence-electron chi connectivity index (χ4n) is 2.41. The number of halogens is 1. The topological polar surface area (TPSA) is 70.2 Å². The summed E-state index contributed by atoms with van der Waals surface area (Å²) in [5, 5.41) is 8.76. The van der Waals surface area contributed by atoms with Crippen molar-refractivity contribution in [1.82, 2.24) is 10.6 Å². The molecule has 116 valence electrons. The van der Waals surface area contributed by atoms with Gasteiger partial charge in [0, 0.05) is 17.6 Å². The summed E-state index contributed by atoms with van der Waals surface area (Å²) in [5.74, 6) is -0.219. The number of carbonyl (C=O) groups is 2. The zero-order valence-corrected chi connectivity index (χ0v) is 12.9. The first-order valence-electron chi connectivity index (χ1n) is 7.01. The van der Waals surface area contributed by atoms with Gasteiger partial charge in [-0.15, -0.1) is 12.4 Å². The molecule has 6 heteroatoms. The molecule has 21 heavy (non-hydrogen) atoms. The third kappa shape index (κ3) is 5.73. The van der Waals surface area contributed by atoms with Crippen LogP contribution in [0.1, 0.15) is 19.8 Å². The molecule has 0 radical (unpaired) electrons. The van der Waals surface area contributed by atoms with Crippen molar-refractivity contribution in [2.75, 3.05) is 18.4 Å². The maximum Gasteiger partial charge on any atom is 0.243 e. The van der Waals surface area contributed by atoms with Crippen LogP contribution in [0.15, 0.2) is 30.3 Å². The van der Waals surface area contributed by atoms with Crippen LogP contribution in [0.5, 0.6) is 0 Å². The molecule has 1 aromatic rings. The lowest BCUT2D eigenvalue weighted by Crippen LogP contribution is -2.44. The molecule has 0 bridgehead atoms. The summed E-state index contributed by atoms with van der Waals surface area (Å²) in [6.07, 6.45) is 1.66. The largest absolute Gasteiger partial charge is 0.347 e. The van der Waals surface area contributed by atoms with E-state index in [2.05, 4.69) is 22.9 Å². The second-order valence-electron chi connectivity index (χ2n) is 5.21. The summed E-state index contributed by atoms with van der Waals surface area (Å²) in [7, 11) is 0. The Hall–Kier alpha value is -1.59. The number of benzene rings is 1. The number of piperidine rings is 1. The highest BCUT2D eigenvalue weighted by atomic mass is 35.5. The molecular formula is C15H22ClN3O2. The molecule has 1 aliphatic rings. The zero-order valence-electron chi connectivity index (χ0n) is 12.1. The molecule has 2 amide bonds.